The van der Waals surface area contributed by atoms with Crippen LogP contribution in [0, 0.1) is 5.92 Å². The van der Waals surface area contributed by atoms with Crippen molar-refractivity contribution in [1.82, 2.24) is 9.97 Å². The largest absolute Gasteiger partial charge is 0.504 e. The summed E-state index contributed by atoms with van der Waals surface area (Å²) >= 11 is 0. The van der Waals surface area contributed by atoms with Gasteiger partial charge in [-0.25, -0.2) is 0 Å². The van der Waals surface area contributed by atoms with Crippen molar-refractivity contribution in [3.05, 3.63) is 55.2 Å². The van der Waals surface area contributed by atoms with Crippen LogP contribution in [0.4, 0.5) is 0 Å². The molecule has 1 aromatic heterocycles. The maximum Gasteiger partial charge on any atom is 0.262 e. The Morgan fingerprint density at radius 1 is 1.11 bits per heavy atom. The Morgan fingerprint density at radius 2 is 1.82 bits per heavy atom. The van der Waals surface area contributed by atoms with E-state index >= 15 is 0 Å². The number of aromatic hydroxyl groups is 1. The lowest BCUT2D eigenvalue weighted by molar-refractivity contribution is 0.274. The van der Waals surface area contributed by atoms with Gasteiger partial charge in [-0.05, 0) is 42.5 Å². The van der Waals surface area contributed by atoms with Crippen molar-refractivity contribution >= 4 is 12.7 Å². The molecule has 6 nitrogen and oxygen atoms in total. The van der Waals surface area contributed by atoms with Crippen LogP contribution in [-0.4, -0.2) is 21.7 Å². The maximum atomic E-state index is 11.9. The molecule has 150 valence electrons. The van der Waals surface area contributed by atoms with Crippen molar-refractivity contribution in [2.75, 3.05) is 6.61 Å². The third-order valence-electron chi connectivity index (χ3n) is 5.30. The predicted molar refractivity (Wildman–Crippen MR) is 110 cm³/mol. The van der Waals surface area contributed by atoms with Crippen molar-refractivity contribution in [1.29, 1.82) is 0 Å². The fourth-order valence-electron chi connectivity index (χ4n) is 3.78. The highest BCUT2D eigenvalue weighted by Gasteiger charge is 2.12. The van der Waals surface area contributed by atoms with Crippen LogP contribution in [0.1, 0.15) is 56.9 Å². The molecule has 1 aromatic carbocycles. The Bertz CT molecular complexity index is 979. The summed E-state index contributed by atoms with van der Waals surface area (Å²) in [7, 11) is 0. The van der Waals surface area contributed by atoms with Crippen molar-refractivity contribution < 1.29 is 9.84 Å². The summed E-state index contributed by atoms with van der Waals surface area (Å²) in [6.07, 6.45) is 11.6. The molecule has 3 rings (SSSR count). The number of phenolic OH excluding ortho intramolecular Hbond substituents is 1. The molecule has 0 saturated heterocycles. The molecule has 3 N–H and O–H groups in total. The van der Waals surface area contributed by atoms with Crippen LogP contribution in [0.3, 0.4) is 0 Å². The smallest absolute Gasteiger partial charge is 0.262 e. The summed E-state index contributed by atoms with van der Waals surface area (Å²) in [5, 5.41) is 10.1. The van der Waals surface area contributed by atoms with E-state index in [-0.39, 0.29) is 16.4 Å². The molecule has 0 aliphatic heterocycles. The molecule has 0 atom stereocenters. The van der Waals surface area contributed by atoms with Gasteiger partial charge in [0.15, 0.2) is 11.5 Å². The number of phenols is 1. The number of unbranched alkanes of at least 4 members (excludes halogenated alkanes) is 1. The van der Waals surface area contributed by atoms with Crippen molar-refractivity contribution in [3.63, 3.8) is 0 Å². The lowest BCUT2D eigenvalue weighted by Crippen LogP contribution is -2.47. The van der Waals surface area contributed by atoms with Crippen LogP contribution in [0.2, 0.25) is 0 Å². The molecular formula is C22H28N2O4. The zero-order chi connectivity index (χ0) is 19.9. The summed E-state index contributed by atoms with van der Waals surface area (Å²) in [5.74, 6) is 1.27. The SMILES string of the molecule is C=c1[nH]c(=O)c(=Cc2ccc(OCCCCC3CCCCC3)c(O)c2)c(=O)[nH]1. The summed E-state index contributed by atoms with van der Waals surface area (Å²) < 4.78 is 5.69. The minimum atomic E-state index is -0.522. The molecule has 28 heavy (non-hydrogen) atoms. The molecule has 1 saturated carbocycles. The van der Waals surface area contributed by atoms with Gasteiger partial charge in [-0.1, -0.05) is 51.2 Å². The summed E-state index contributed by atoms with van der Waals surface area (Å²) in [5.41, 5.74) is -0.352. The van der Waals surface area contributed by atoms with E-state index in [0.717, 1.165) is 18.8 Å². The molecule has 0 bridgehead atoms. The van der Waals surface area contributed by atoms with E-state index in [0.29, 0.717) is 17.9 Å². The van der Waals surface area contributed by atoms with Crippen LogP contribution in [0.5, 0.6) is 11.5 Å². The van der Waals surface area contributed by atoms with Crippen LogP contribution < -0.4 is 26.6 Å². The monoisotopic (exact) mass is 384 g/mol. The average molecular weight is 384 g/mol. The van der Waals surface area contributed by atoms with Gasteiger partial charge in [0, 0.05) is 0 Å². The van der Waals surface area contributed by atoms with Crippen LogP contribution >= 0.6 is 0 Å². The quantitative estimate of drug-likeness (QED) is 0.638. The first-order valence-electron chi connectivity index (χ1n) is 10.0. The Kier molecular flexibility index (Phi) is 6.74. The lowest BCUT2D eigenvalue weighted by Gasteiger charge is -2.21. The highest BCUT2D eigenvalue weighted by atomic mass is 16.5. The zero-order valence-corrected chi connectivity index (χ0v) is 16.1. The Hall–Kier alpha value is -2.76. The van der Waals surface area contributed by atoms with Gasteiger partial charge in [-0.15, -0.1) is 0 Å². The number of rotatable bonds is 7. The molecule has 1 heterocycles. The number of H-pyrrole nitrogens is 2. The van der Waals surface area contributed by atoms with Gasteiger partial charge in [0.05, 0.1) is 6.61 Å². The Morgan fingerprint density at radius 3 is 2.50 bits per heavy atom. The van der Waals surface area contributed by atoms with Gasteiger partial charge in [0.1, 0.15) is 10.7 Å². The fourth-order valence-corrected chi connectivity index (χ4v) is 3.78. The number of aromatic nitrogens is 2. The van der Waals surface area contributed by atoms with Gasteiger partial charge in [0.25, 0.3) is 11.1 Å². The molecule has 2 aromatic rings. The maximum absolute atomic E-state index is 11.9. The number of hydrogen-bond acceptors (Lipinski definition) is 4. The molecule has 0 spiro atoms. The third kappa shape index (κ3) is 5.38. The zero-order valence-electron chi connectivity index (χ0n) is 16.1. The van der Waals surface area contributed by atoms with Gasteiger partial charge in [-0.2, -0.15) is 0 Å². The molecule has 0 amide bonds. The number of hydrogen-bond donors (Lipinski definition) is 3. The van der Waals surface area contributed by atoms with E-state index in [4.69, 9.17) is 4.74 Å². The molecular weight excluding hydrogens is 356 g/mol. The van der Waals surface area contributed by atoms with Crippen LogP contribution in [0.25, 0.3) is 12.7 Å². The summed E-state index contributed by atoms with van der Waals surface area (Å²) in [4.78, 5) is 28.7. The normalized spacial score (nSPS) is 14.7. The number of ether oxygens (including phenoxy) is 1. The highest BCUT2D eigenvalue weighted by Crippen LogP contribution is 2.29. The van der Waals surface area contributed by atoms with E-state index in [1.165, 1.54) is 50.7 Å². The second-order valence-corrected chi connectivity index (χ2v) is 7.52. The molecule has 1 fully saturated rings. The number of aromatic amines is 2. The average Bonchev–Trinajstić information content (AvgIpc) is 2.66. The molecule has 1 aliphatic rings. The van der Waals surface area contributed by atoms with E-state index in [1.54, 1.807) is 12.1 Å². The Labute approximate surface area is 163 Å². The molecule has 0 radical (unpaired) electrons. The minimum absolute atomic E-state index is 0.0114. The number of nitrogens with one attached hydrogen (secondary N) is 2. The van der Waals surface area contributed by atoms with E-state index in [9.17, 15) is 14.7 Å². The molecule has 0 unspecified atom stereocenters. The van der Waals surface area contributed by atoms with Gasteiger partial charge in [0.2, 0.25) is 0 Å². The lowest BCUT2D eigenvalue weighted by atomic mass is 9.86. The topological polar surface area (TPSA) is 95.2 Å². The highest BCUT2D eigenvalue weighted by molar-refractivity contribution is 5.55. The van der Waals surface area contributed by atoms with Crippen molar-refractivity contribution in [2.24, 2.45) is 5.92 Å². The molecule has 1 aliphatic carbocycles. The summed E-state index contributed by atoms with van der Waals surface area (Å²) in [6, 6.07) is 4.84. The first-order valence-corrected chi connectivity index (χ1v) is 10.0. The third-order valence-corrected chi connectivity index (χ3v) is 5.30. The van der Waals surface area contributed by atoms with Crippen molar-refractivity contribution in [2.45, 2.75) is 51.4 Å². The predicted octanol–water partition coefficient (Wildman–Crippen LogP) is 2.14. The van der Waals surface area contributed by atoms with Gasteiger partial charge >= 0.3 is 0 Å². The van der Waals surface area contributed by atoms with Crippen molar-refractivity contribution in [3.8, 4) is 11.5 Å². The molecule has 6 heteroatoms. The first-order chi connectivity index (χ1) is 13.5. The first kappa shape index (κ1) is 20.0. The minimum Gasteiger partial charge on any atom is -0.504 e. The standard InChI is InChI=1S/C22H28N2O4/c1-15-23-21(26)18(22(27)24-15)13-17-10-11-20(19(25)14-17)28-12-6-5-9-16-7-3-2-4-8-16/h10-11,13-14,16,25H,1-9,12H2,(H,23,26)(H,24,27). The Balaban J connectivity index is 1.57. The second-order valence-electron chi connectivity index (χ2n) is 7.52. The van der Waals surface area contributed by atoms with E-state index < -0.39 is 11.1 Å². The second kappa shape index (κ2) is 9.44. The van der Waals surface area contributed by atoms with Gasteiger partial charge in [-0.3, -0.25) is 9.59 Å². The number of benzene rings is 1. The van der Waals surface area contributed by atoms with Crippen LogP contribution in [-0.2, 0) is 0 Å². The van der Waals surface area contributed by atoms with E-state index in [2.05, 4.69) is 16.5 Å². The fraction of sp³-hybridized carbons (Fsp3) is 0.455. The summed E-state index contributed by atoms with van der Waals surface area (Å²) in [6.45, 7) is 4.07. The van der Waals surface area contributed by atoms with Crippen LogP contribution in [0.15, 0.2) is 27.8 Å². The van der Waals surface area contributed by atoms with E-state index in [1.807, 2.05) is 0 Å². The van der Waals surface area contributed by atoms with Gasteiger partial charge < -0.3 is 19.8 Å².